The monoisotopic (exact) mass is 265 g/mol. The summed E-state index contributed by atoms with van der Waals surface area (Å²) in [5.41, 5.74) is 12.4. The van der Waals surface area contributed by atoms with E-state index in [0.717, 1.165) is 0 Å². The molecule has 5 heteroatoms. The van der Waals surface area contributed by atoms with Crippen molar-refractivity contribution >= 4 is 28.4 Å². The van der Waals surface area contributed by atoms with Crippen LogP contribution < -0.4 is 16.8 Å². The van der Waals surface area contributed by atoms with Gasteiger partial charge in [-0.2, -0.15) is 9.97 Å². The minimum atomic E-state index is 0.172. The molecule has 0 atom stereocenters. The zero-order valence-electron chi connectivity index (χ0n) is 10.9. The Morgan fingerprint density at radius 1 is 0.950 bits per heavy atom. The van der Waals surface area contributed by atoms with Crippen molar-refractivity contribution in [2.75, 3.05) is 16.8 Å². The summed E-state index contributed by atoms with van der Waals surface area (Å²) in [7, 11) is 0. The van der Waals surface area contributed by atoms with Gasteiger partial charge in [0.1, 0.15) is 11.6 Å². The third-order valence-electron chi connectivity index (χ3n) is 3.10. The highest BCUT2D eigenvalue weighted by atomic mass is 15.1. The van der Waals surface area contributed by atoms with Gasteiger partial charge in [0.25, 0.3) is 0 Å². The van der Waals surface area contributed by atoms with Gasteiger partial charge < -0.3 is 16.8 Å². The Hall–Kier alpha value is -2.82. The summed E-state index contributed by atoms with van der Waals surface area (Å²) >= 11 is 0. The number of nitrogens with two attached hydrogens (primary N) is 2. The molecule has 5 N–H and O–H groups in total. The molecule has 0 fully saturated rings. The fraction of sp³-hybridized carbons (Fsp3) is 0.0667. The largest absolute Gasteiger partial charge is 0.383 e. The van der Waals surface area contributed by atoms with E-state index in [1.165, 1.54) is 16.3 Å². The molecular weight excluding hydrogens is 250 g/mol. The fourth-order valence-electron chi connectivity index (χ4n) is 2.21. The molecule has 3 aromatic rings. The van der Waals surface area contributed by atoms with Crippen LogP contribution in [0.15, 0.2) is 48.5 Å². The maximum atomic E-state index is 5.65. The normalized spacial score (nSPS) is 10.6. The number of anilines is 3. The minimum absolute atomic E-state index is 0.172. The second kappa shape index (κ2) is 5.05. The van der Waals surface area contributed by atoms with Gasteiger partial charge >= 0.3 is 0 Å². The summed E-state index contributed by atoms with van der Waals surface area (Å²) in [6.45, 7) is 0.650. The van der Waals surface area contributed by atoms with Crippen molar-refractivity contribution < 1.29 is 0 Å². The standard InChI is InChI=1S/C15H15N5/c16-13-8-14(20-15(17)19-13)18-9-11-6-3-5-10-4-1-2-7-12(10)11/h1-8H,9H2,(H5,16,17,18,19,20). The van der Waals surface area contributed by atoms with Crippen molar-refractivity contribution in [3.63, 3.8) is 0 Å². The van der Waals surface area contributed by atoms with Crippen molar-refractivity contribution in [2.24, 2.45) is 0 Å². The van der Waals surface area contributed by atoms with E-state index in [0.29, 0.717) is 18.2 Å². The van der Waals surface area contributed by atoms with E-state index < -0.39 is 0 Å². The van der Waals surface area contributed by atoms with Crippen molar-refractivity contribution in [1.82, 2.24) is 9.97 Å². The molecule has 100 valence electrons. The van der Waals surface area contributed by atoms with E-state index in [2.05, 4.69) is 39.6 Å². The van der Waals surface area contributed by atoms with Gasteiger partial charge in [-0.05, 0) is 16.3 Å². The number of aromatic nitrogens is 2. The molecule has 0 aliphatic carbocycles. The maximum absolute atomic E-state index is 5.65. The molecule has 0 unspecified atom stereocenters. The van der Waals surface area contributed by atoms with Crippen LogP contribution in [0.1, 0.15) is 5.56 Å². The molecule has 0 radical (unpaired) electrons. The van der Waals surface area contributed by atoms with E-state index in [9.17, 15) is 0 Å². The van der Waals surface area contributed by atoms with Gasteiger partial charge in [0.2, 0.25) is 5.95 Å². The molecule has 0 saturated heterocycles. The van der Waals surface area contributed by atoms with Gasteiger partial charge in [0.05, 0.1) is 0 Å². The second-order valence-electron chi connectivity index (χ2n) is 4.53. The Morgan fingerprint density at radius 3 is 2.60 bits per heavy atom. The van der Waals surface area contributed by atoms with Crippen LogP contribution in [0.25, 0.3) is 10.8 Å². The first-order chi connectivity index (χ1) is 9.72. The molecule has 1 heterocycles. The Labute approximate surface area is 116 Å². The lowest BCUT2D eigenvalue weighted by Crippen LogP contribution is -2.06. The van der Waals surface area contributed by atoms with Crippen LogP contribution in [0, 0.1) is 0 Å². The van der Waals surface area contributed by atoms with Crippen LogP contribution in [-0.4, -0.2) is 9.97 Å². The average Bonchev–Trinajstić information content (AvgIpc) is 2.44. The van der Waals surface area contributed by atoms with Crippen molar-refractivity contribution in [1.29, 1.82) is 0 Å². The van der Waals surface area contributed by atoms with Crippen molar-refractivity contribution in [3.8, 4) is 0 Å². The Morgan fingerprint density at radius 2 is 1.75 bits per heavy atom. The van der Waals surface area contributed by atoms with E-state index in [1.807, 2.05) is 18.2 Å². The quantitative estimate of drug-likeness (QED) is 0.676. The van der Waals surface area contributed by atoms with Gasteiger partial charge in [-0.1, -0.05) is 42.5 Å². The highest BCUT2D eigenvalue weighted by Gasteiger charge is 2.02. The molecule has 2 aromatic carbocycles. The van der Waals surface area contributed by atoms with Crippen molar-refractivity contribution in [2.45, 2.75) is 6.54 Å². The number of hydrogen-bond donors (Lipinski definition) is 3. The highest BCUT2D eigenvalue weighted by molar-refractivity contribution is 5.85. The molecule has 5 nitrogen and oxygen atoms in total. The summed E-state index contributed by atoms with van der Waals surface area (Å²) in [4.78, 5) is 7.95. The van der Waals surface area contributed by atoms with Gasteiger partial charge in [0, 0.05) is 12.6 Å². The van der Waals surface area contributed by atoms with E-state index in [1.54, 1.807) is 6.07 Å². The lowest BCUT2D eigenvalue weighted by Gasteiger charge is -2.09. The molecule has 0 amide bonds. The summed E-state index contributed by atoms with van der Waals surface area (Å²) < 4.78 is 0. The topological polar surface area (TPSA) is 89.8 Å². The van der Waals surface area contributed by atoms with Crippen LogP contribution in [0.5, 0.6) is 0 Å². The van der Waals surface area contributed by atoms with Gasteiger partial charge in [-0.15, -0.1) is 0 Å². The van der Waals surface area contributed by atoms with E-state index >= 15 is 0 Å². The molecular formula is C15H15N5. The number of nitrogens with one attached hydrogen (secondary N) is 1. The van der Waals surface area contributed by atoms with E-state index in [-0.39, 0.29) is 5.95 Å². The Kier molecular flexibility index (Phi) is 3.09. The van der Waals surface area contributed by atoms with Crippen molar-refractivity contribution in [3.05, 3.63) is 54.1 Å². The number of benzene rings is 2. The molecule has 0 spiro atoms. The molecule has 3 rings (SSSR count). The number of rotatable bonds is 3. The lowest BCUT2D eigenvalue weighted by molar-refractivity contribution is 1.10. The lowest BCUT2D eigenvalue weighted by atomic mass is 10.0. The zero-order chi connectivity index (χ0) is 13.9. The van der Waals surface area contributed by atoms with Gasteiger partial charge in [-0.25, -0.2) is 0 Å². The molecule has 0 bridgehead atoms. The number of nitrogens with zero attached hydrogens (tertiary/aromatic N) is 2. The predicted octanol–water partition coefficient (Wildman–Crippen LogP) is 2.41. The Balaban J connectivity index is 1.87. The zero-order valence-corrected chi connectivity index (χ0v) is 10.9. The number of fused-ring (bicyclic) bond motifs is 1. The fourth-order valence-corrected chi connectivity index (χ4v) is 2.21. The van der Waals surface area contributed by atoms with Gasteiger partial charge in [0.15, 0.2) is 0 Å². The predicted molar refractivity (Wildman–Crippen MR) is 82.1 cm³/mol. The average molecular weight is 265 g/mol. The first-order valence-electron chi connectivity index (χ1n) is 6.33. The van der Waals surface area contributed by atoms with Crippen LogP contribution >= 0.6 is 0 Å². The highest BCUT2D eigenvalue weighted by Crippen LogP contribution is 2.19. The van der Waals surface area contributed by atoms with Crippen LogP contribution in [0.3, 0.4) is 0 Å². The summed E-state index contributed by atoms with van der Waals surface area (Å²) in [5, 5.41) is 5.66. The minimum Gasteiger partial charge on any atom is -0.383 e. The molecule has 0 saturated carbocycles. The molecule has 0 aliphatic heterocycles. The number of hydrogen-bond acceptors (Lipinski definition) is 5. The van der Waals surface area contributed by atoms with Crippen LogP contribution in [0.4, 0.5) is 17.6 Å². The Bertz CT molecular complexity index is 729. The number of nitrogen functional groups attached to an aromatic ring is 2. The van der Waals surface area contributed by atoms with E-state index in [4.69, 9.17) is 11.5 Å². The van der Waals surface area contributed by atoms with Crippen LogP contribution in [-0.2, 0) is 6.54 Å². The summed E-state index contributed by atoms with van der Waals surface area (Å²) in [6.07, 6.45) is 0. The third-order valence-corrected chi connectivity index (χ3v) is 3.10. The SMILES string of the molecule is Nc1cc(NCc2cccc3ccccc23)nc(N)n1. The van der Waals surface area contributed by atoms with Crippen LogP contribution in [0.2, 0.25) is 0 Å². The maximum Gasteiger partial charge on any atom is 0.223 e. The molecule has 1 aromatic heterocycles. The smallest absolute Gasteiger partial charge is 0.223 e. The first-order valence-corrected chi connectivity index (χ1v) is 6.33. The second-order valence-corrected chi connectivity index (χ2v) is 4.53. The first kappa shape index (κ1) is 12.2. The summed E-state index contributed by atoms with van der Waals surface area (Å²) in [6, 6.07) is 16.2. The molecule has 20 heavy (non-hydrogen) atoms. The molecule has 0 aliphatic rings. The van der Waals surface area contributed by atoms with Gasteiger partial charge in [-0.3, -0.25) is 0 Å². The summed E-state index contributed by atoms with van der Waals surface area (Å²) in [5.74, 6) is 1.16. The third kappa shape index (κ3) is 2.47.